The maximum Gasteiger partial charge on any atom is 0.0153 e. The predicted octanol–water partition coefficient (Wildman–Crippen LogP) is 2.80. The molecule has 1 saturated heterocycles. The van der Waals surface area contributed by atoms with E-state index in [0.29, 0.717) is 0 Å². The average Bonchev–Trinajstić information content (AvgIpc) is 2.31. The lowest BCUT2D eigenvalue weighted by atomic mass is 9.73. The van der Waals surface area contributed by atoms with Gasteiger partial charge in [0.2, 0.25) is 0 Å². The summed E-state index contributed by atoms with van der Waals surface area (Å²) >= 11 is 0. The van der Waals surface area contributed by atoms with Crippen LogP contribution in [0.2, 0.25) is 0 Å². The third-order valence-corrected chi connectivity index (χ3v) is 3.51. The van der Waals surface area contributed by atoms with Crippen molar-refractivity contribution >= 4 is 0 Å². The normalized spacial score (nSPS) is 19.8. The highest BCUT2D eigenvalue weighted by atomic mass is 14.9. The van der Waals surface area contributed by atoms with E-state index in [1.807, 2.05) is 0 Å². The smallest absolute Gasteiger partial charge is 0.0153 e. The van der Waals surface area contributed by atoms with Crippen molar-refractivity contribution in [3.8, 4) is 0 Å². The number of aryl methyl sites for hydroxylation is 1. The van der Waals surface area contributed by atoms with Gasteiger partial charge in [0, 0.05) is 5.41 Å². The average molecular weight is 201 g/mol. The first-order chi connectivity index (χ1) is 7.27. The summed E-state index contributed by atoms with van der Waals surface area (Å²) in [5.41, 5.74) is 2.95. The molecular weight excluding hydrogens is 182 g/mol. The van der Waals surface area contributed by atoms with Crippen LogP contribution >= 0.6 is 0 Å². The van der Waals surface area contributed by atoms with Gasteiger partial charge < -0.3 is 5.32 Å². The van der Waals surface area contributed by atoms with Crippen LogP contribution in [-0.2, 0) is 5.41 Å². The zero-order chi connectivity index (χ0) is 10.7. The summed E-state index contributed by atoms with van der Waals surface area (Å²) < 4.78 is 0. The van der Waals surface area contributed by atoms with Gasteiger partial charge in [-0.3, -0.25) is 0 Å². The summed E-state index contributed by atoms with van der Waals surface area (Å²) in [6.07, 6.45) is 4.47. The first kappa shape index (κ1) is 10.4. The Hall–Kier alpha value is -1.08. The molecule has 2 rings (SSSR count). The van der Waals surface area contributed by atoms with Crippen molar-refractivity contribution in [1.29, 1.82) is 0 Å². The zero-order valence-corrected chi connectivity index (χ0v) is 9.42. The zero-order valence-electron chi connectivity index (χ0n) is 9.42. The molecule has 80 valence electrons. The quantitative estimate of drug-likeness (QED) is 0.725. The Labute approximate surface area is 92.2 Å². The molecule has 1 N–H and O–H groups in total. The van der Waals surface area contributed by atoms with Crippen molar-refractivity contribution in [1.82, 2.24) is 5.32 Å². The second-order valence-corrected chi connectivity index (χ2v) is 4.48. The Morgan fingerprint density at radius 2 is 1.80 bits per heavy atom. The van der Waals surface area contributed by atoms with Crippen LogP contribution in [0.4, 0.5) is 0 Å². The number of rotatable bonds is 2. The van der Waals surface area contributed by atoms with E-state index in [0.717, 1.165) is 13.1 Å². The highest BCUT2D eigenvalue weighted by Crippen LogP contribution is 2.34. The van der Waals surface area contributed by atoms with E-state index < -0.39 is 0 Å². The van der Waals surface area contributed by atoms with Crippen LogP contribution in [0, 0.1) is 6.92 Å². The predicted molar refractivity (Wildman–Crippen MR) is 65.2 cm³/mol. The molecule has 1 nitrogen and oxygen atoms in total. The maximum absolute atomic E-state index is 4.03. The number of allylic oxidation sites excluding steroid dienone is 1. The molecule has 0 aromatic heterocycles. The Morgan fingerprint density at radius 1 is 1.20 bits per heavy atom. The van der Waals surface area contributed by atoms with Gasteiger partial charge in [0.1, 0.15) is 0 Å². The minimum absolute atomic E-state index is 0.207. The van der Waals surface area contributed by atoms with Crippen LogP contribution in [-0.4, -0.2) is 13.1 Å². The molecule has 1 heteroatoms. The first-order valence-electron chi connectivity index (χ1n) is 5.68. The summed E-state index contributed by atoms with van der Waals surface area (Å²) in [5, 5.41) is 3.41. The van der Waals surface area contributed by atoms with E-state index in [1.54, 1.807) is 0 Å². The molecule has 1 aliphatic heterocycles. The van der Waals surface area contributed by atoms with Gasteiger partial charge in [-0.25, -0.2) is 0 Å². The van der Waals surface area contributed by atoms with Crippen LogP contribution in [0.25, 0.3) is 0 Å². The third kappa shape index (κ3) is 1.98. The molecule has 0 spiro atoms. The van der Waals surface area contributed by atoms with Crippen molar-refractivity contribution in [2.75, 3.05) is 13.1 Å². The molecule has 1 aromatic carbocycles. The molecule has 1 aromatic rings. The summed E-state index contributed by atoms with van der Waals surface area (Å²) in [7, 11) is 0. The molecule has 1 heterocycles. The molecule has 0 radical (unpaired) electrons. The van der Waals surface area contributed by atoms with Crippen LogP contribution < -0.4 is 5.32 Å². The molecule has 15 heavy (non-hydrogen) atoms. The largest absolute Gasteiger partial charge is 0.317 e. The minimum atomic E-state index is 0.207. The number of piperidine rings is 1. The molecule has 0 atom stereocenters. The van der Waals surface area contributed by atoms with Crippen molar-refractivity contribution < 1.29 is 0 Å². The van der Waals surface area contributed by atoms with Gasteiger partial charge >= 0.3 is 0 Å². The van der Waals surface area contributed by atoms with E-state index in [1.165, 1.54) is 24.0 Å². The lowest BCUT2D eigenvalue weighted by Gasteiger charge is -2.35. The van der Waals surface area contributed by atoms with E-state index in [9.17, 15) is 0 Å². The van der Waals surface area contributed by atoms with Crippen molar-refractivity contribution in [3.05, 3.63) is 48.0 Å². The first-order valence-corrected chi connectivity index (χ1v) is 5.68. The van der Waals surface area contributed by atoms with Gasteiger partial charge in [-0.15, -0.1) is 6.58 Å². The summed E-state index contributed by atoms with van der Waals surface area (Å²) in [6, 6.07) is 8.90. The summed E-state index contributed by atoms with van der Waals surface area (Å²) in [4.78, 5) is 0. The summed E-state index contributed by atoms with van der Waals surface area (Å²) in [5.74, 6) is 0. The number of nitrogens with one attached hydrogen (secondary N) is 1. The Kier molecular flexibility index (Phi) is 2.92. The van der Waals surface area contributed by atoms with Gasteiger partial charge in [-0.1, -0.05) is 35.9 Å². The molecule has 0 saturated carbocycles. The second-order valence-electron chi connectivity index (χ2n) is 4.48. The van der Waals surface area contributed by atoms with Crippen LogP contribution in [0.1, 0.15) is 24.0 Å². The molecule has 0 bridgehead atoms. The van der Waals surface area contributed by atoms with E-state index in [-0.39, 0.29) is 5.41 Å². The highest BCUT2D eigenvalue weighted by Gasteiger charge is 2.30. The van der Waals surface area contributed by atoms with Crippen LogP contribution in [0.5, 0.6) is 0 Å². The van der Waals surface area contributed by atoms with Crippen LogP contribution in [0.3, 0.4) is 0 Å². The van der Waals surface area contributed by atoms with Gasteiger partial charge in [-0.05, 0) is 38.4 Å². The second kappa shape index (κ2) is 4.19. The van der Waals surface area contributed by atoms with Gasteiger partial charge in [0.05, 0.1) is 0 Å². The van der Waals surface area contributed by atoms with Gasteiger partial charge in [0.25, 0.3) is 0 Å². The highest BCUT2D eigenvalue weighted by molar-refractivity contribution is 5.33. The molecule has 0 aliphatic carbocycles. The fourth-order valence-electron chi connectivity index (χ4n) is 2.37. The third-order valence-electron chi connectivity index (χ3n) is 3.51. The minimum Gasteiger partial charge on any atom is -0.317 e. The van der Waals surface area contributed by atoms with Gasteiger partial charge in [0.15, 0.2) is 0 Å². The van der Waals surface area contributed by atoms with E-state index >= 15 is 0 Å². The lowest BCUT2D eigenvalue weighted by molar-refractivity contribution is 0.374. The van der Waals surface area contributed by atoms with Gasteiger partial charge in [-0.2, -0.15) is 0 Å². The van der Waals surface area contributed by atoms with E-state index in [4.69, 9.17) is 0 Å². The molecular formula is C14H19N. The molecule has 0 unspecified atom stereocenters. The Bertz CT molecular complexity index is 331. The van der Waals surface area contributed by atoms with E-state index in [2.05, 4.69) is 49.2 Å². The maximum atomic E-state index is 4.03. The topological polar surface area (TPSA) is 12.0 Å². The fraction of sp³-hybridized carbons (Fsp3) is 0.429. The number of benzene rings is 1. The standard InChI is InChI=1S/C14H19N/c1-3-14(8-10-15-11-9-14)13-6-4-12(2)5-7-13/h3-7,15H,1,8-11H2,2H3. The molecule has 0 amide bonds. The van der Waals surface area contributed by atoms with Crippen molar-refractivity contribution in [2.24, 2.45) is 0 Å². The van der Waals surface area contributed by atoms with Crippen molar-refractivity contribution in [3.63, 3.8) is 0 Å². The Morgan fingerprint density at radius 3 is 2.33 bits per heavy atom. The van der Waals surface area contributed by atoms with Crippen LogP contribution in [0.15, 0.2) is 36.9 Å². The summed E-state index contributed by atoms with van der Waals surface area (Å²) in [6.45, 7) is 8.35. The number of hydrogen-bond acceptors (Lipinski definition) is 1. The SMILES string of the molecule is C=CC1(c2ccc(C)cc2)CCNCC1. The lowest BCUT2D eigenvalue weighted by Crippen LogP contribution is -2.38. The Balaban J connectivity index is 2.32. The monoisotopic (exact) mass is 201 g/mol. The number of hydrogen-bond donors (Lipinski definition) is 1. The molecule has 1 aliphatic rings. The molecule has 1 fully saturated rings. The fourth-order valence-corrected chi connectivity index (χ4v) is 2.37. The van der Waals surface area contributed by atoms with Crippen molar-refractivity contribution in [2.45, 2.75) is 25.2 Å².